The number of hydrogen-bond donors (Lipinski definition) is 1. The lowest BCUT2D eigenvalue weighted by molar-refractivity contribution is 0.241. The molecular weight excluding hydrogens is 196 g/mol. The summed E-state index contributed by atoms with van der Waals surface area (Å²) in [4.78, 5) is 2.49. The zero-order valence-electron chi connectivity index (χ0n) is 11.5. The highest BCUT2D eigenvalue weighted by Crippen LogP contribution is 2.28. The minimum absolute atomic E-state index is 0.735. The molecule has 0 aromatic heterocycles. The summed E-state index contributed by atoms with van der Waals surface area (Å²) in [6, 6.07) is 0.735. The molecule has 0 aromatic carbocycles. The molecular formula is C14H30N2. The molecule has 0 saturated heterocycles. The fourth-order valence-corrected chi connectivity index (χ4v) is 2.88. The predicted molar refractivity (Wildman–Crippen MR) is 71.8 cm³/mol. The minimum atomic E-state index is 0.735. The third-order valence-electron chi connectivity index (χ3n) is 3.74. The Bertz CT molecular complexity index is 164. The van der Waals surface area contributed by atoms with Gasteiger partial charge in [-0.05, 0) is 51.7 Å². The smallest absolute Gasteiger partial charge is 0.0223 e. The van der Waals surface area contributed by atoms with E-state index in [0.29, 0.717) is 0 Å². The van der Waals surface area contributed by atoms with Crippen LogP contribution in [0.2, 0.25) is 0 Å². The third kappa shape index (κ3) is 4.84. The molecule has 0 bridgehead atoms. The summed E-state index contributed by atoms with van der Waals surface area (Å²) in [5, 5.41) is 3.76. The molecule has 1 atom stereocenters. The Kier molecular flexibility index (Phi) is 7.06. The van der Waals surface area contributed by atoms with Crippen LogP contribution >= 0.6 is 0 Å². The molecule has 16 heavy (non-hydrogen) atoms. The Morgan fingerprint density at radius 1 is 1.19 bits per heavy atom. The zero-order valence-corrected chi connectivity index (χ0v) is 11.5. The van der Waals surface area contributed by atoms with Crippen molar-refractivity contribution >= 4 is 0 Å². The van der Waals surface area contributed by atoms with Gasteiger partial charge in [0.2, 0.25) is 0 Å². The van der Waals surface area contributed by atoms with E-state index in [2.05, 4.69) is 31.1 Å². The second kappa shape index (κ2) is 8.08. The summed E-state index contributed by atoms with van der Waals surface area (Å²) in [7, 11) is 2.26. The summed E-state index contributed by atoms with van der Waals surface area (Å²) < 4.78 is 0. The van der Waals surface area contributed by atoms with Crippen LogP contribution in [0.1, 0.15) is 52.4 Å². The number of rotatable bonds is 8. The number of nitrogens with zero attached hydrogens (tertiary/aromatic N) is 1. The molecule has 1 saturated carbocycles. The lowest BCUT2D eigenvalue weighted by Gasteiger charge is -2.29. The zero-order chi connectivity index (χ0) is 11.8. The van der Waals surface area contributed by atoms with Crippen molar-refractivity contribution in [3.05, 3.63) is 0 Å². The molecule has 2 heteroatoms. The quantitative estimate of drug-likeness (QED) is 0.684. The number of nitrogens with one attached hydrogen (secondary N) is 1. The van der Waals surface area contributed by atoms with Gasteiger partial charge in [0.1, 0.15) is 0 Å². The second-order valence-electron chi connectivity index (χ2n) is 5.37. The first-order chi connectivity index (χ1) is 7.77. The minimum Gasteiger partial charge on any atom is -0.312 e. The molecule has 2 nitrogen and oxygen atoms in total. The van der Waals surface area contributed by atoms with E-state index in [1.54, 1.807) is 0 Å². The van der Waals surface area contributed by atoms with Gasteiger partial charge < -0.3 is 10.2 Å². The average Bonchev–Trinajstić information content (AvgIpc) is 2.77. The Morgan fingerprint density at radius 3 is 2.44 bits per heavy atom. The van der Waals surface area contributed by atoms with Crippen LogP contribution in [0.3, 0.4) is 0 Å². The highest BCUT2D eigenvalue weighted by Gasteiger charge is 2.25. The van der Waals surface area contributed by atoms with Crippen LogP contribution in [0.25, 0.3) is 0 Å². The van der Waals surface area contributed by atoms with E-state index in [9.17, 15) is 0 Å². The lowest BCUT2D eigenvalue weighted by Crippen LogP contribution is -2.44. The molecule has 0 radical (unpaired) electrons. The van der Waals surface area contributed by atoms with Gasteiger partial charge in [-0.25, -0.2) is 0 Å². The van der Waals surface area contributed by atoms with Crippen molar-refractivity contribution in [2.45, 2.75) is 58.4 Å². The molecule has 1 aliphatic carbocycles. The van der Waals surface area contributed by atoms with E-state index in [1.165, 1.54) is 58.2 Å². The van der Waals surface area contributed by atoms with Crippen molar-refractivity contribution in [1.29, 1.82) is 0 Å². The van der Waals surface area contributed by atoms with Crippen LogP contribution in [0.5, 0.6) is 0 Å². The first kappa shape index (κ1) is 14.0. The molecule has 0 spiro atoms. The van der Waals surface area contributed by atoms with Gasteiger partial charge in [0.15, 0.2) is 0 Å². The predicted octanol–water partition coefficient (Wildman–Crippen LogP) is 2.89. The standard InChI is InChI=1S/C14H30N2/c1-4-10-15-14(12-16(3)11-5-2)13-8-6-7-9-13/h13-15H,4-12H2,1-3H3. The summed E-state index contributed by atoms with van der Waals surface area (Å²) >= 11 is 0. The Balaban J connectivity index is 2.35. The summed E-state index contributed by atoms with van der Waals surface area (Å²) in [5.41, 5.74) is 0. The Morgan fingerprint density at radius 2 is 1.88 bits per heavy atom. The van der Waals surface area contributed by atoms with Gasteiger partial charge in [0.05, 0.1) is 0 Å². The molecule has 0 heterocycles. The van der Waals surface area contributed by atoms with Crippen LogP contribution < -0.4 is 5.32 Å². The second-order valence-corrected chi connectivity index (χ2v) is 5.37. The molecule has 96 valence electrons. The SMILES string of the molecule is CCCNC(CN(C)CCC)C1CCCC1. The van der Waals surface area contributed by atoms with Crippen LogP contribution in [0.15, 0.2) is 0 Å². The van der Waals surface area contributed by atoms with Gasteiger partial charge in [0.25, 0.3) is 0 Å². The van der Waals surface area contributed by atoms with Gasteiger partial charge in [-0.2, -0.15) is 0 Å². The van der Waals surface area contributed by atoms with E-state index >= 15 is 0 Å². The molecule has 1 aliphatic rings. The third-order valence-corrected chi connectivity index (χ3v) is 3.74. The largest absolute Gasteiger partial charge is 0.312 e. The van der Waals surface area contributed by atoms with Crippen molar-refractivity contribution < 1.29 is 0 Å². The molecule has 1 fully saturated rings. The van der Waals surface area contributed by atoms with Crippen LogP contribution in [0, 0.1) is 5.92 Å². The van der Waals surface area contributed by atoms with E-state index < -0.39 is 0 Å². The number of hydrogen-bond acceptors (Lipinski definition) is 2. The maximum atomic E-state index is 3.76. The first-order valence-corrected chi connectivity index (χ1v) is 7.19. The van der Waals surface area contributed by atoms with Gasteiger partial charge in [0, 0.05) is 12.6 Å². The molecule has 0 amide bonds. The van der Waals surface area contributed by atoms with Crippen LogP contribution in [-0.4, -0.2) is 37.6 Å². The molecule has 0 aliphatic heterocycles. The highest BCUT2D eigenvalue weighted by atomic mass is 15.1. The molecule has 1 rings (SSSR count). The van der Waals surface area contributed by atoms with Crippen LogP contribution in [-0.2, 0) is 0 Å². The molecule has 1 N–H and O–H groups in total. The Hall–Kier alpha value is -0.0800. The van der Waals surface area contributed by atoms with Crippen molar-refractivity contribution in [2.24, 2.45) is 5.92 Å². The average molecular weight is 226 g/mol. The first-order valence-electron chi connectivity index (χ1n) is 7.19. The topological polar surface area (TPSA) is 15.3 Å². The maximum absolute atomic E-state index is 3.76. The fourth-order valence-electron chi connectivity index (χ4n) is 2.88. The highest BCUT2D eigenvalue weighted by molar-refractivity contribution is 4.82. The van der Waals surface area contributed by atoms with Gasteiger partial charge in [-0.15, -0.1) is 0 Å². The van der Waals surface area contributed by atoms with Gasteiger partial charge >= 0.3 is 0 Å². The van der Waals surface area contributed by atoms with Gasteiger partial charge in [-0.1, -0.05) is 26.7 Å². The van der Waals surface area contributed by atoms with Crippen molar-refractivity contribution in [1.82, 2.24) is 10.2 Å². The van der Waals surface area contributed by atoms with Crippen LogP contribution in [0.4, 0.5) is 0 Å². The van der Waals surface area contributed by atoms with E-state index in [4.69, 9.17) is 0 Å². The lowest BCUT2D eigenvalue weighted by atomic mass is 9.97. The van der Waals surface area contributed by atoms with Crippen molar-refractivity contribution in [3.63, 3.8) is 0 Å². The molecule has 0 aromatic rings. The van der Waals surface area contributed by atoms with E-state index in [0.717, 1.165) is 12.0 Å². The summed E-state index contributed by atoms with van der Waals surface area (Å²) in [6.07, 6.45) is 8.31. The fraction of sp³-hybridized carbons (Fsp3) is 1.00. The van der Waals surface area contributed by atoms with Crippen molar-refractivity contribution in [3.8, 4) is 0 Å². The monoisotopic (exact) mass is 226 g/mol. The number of likely N-dealkylation sites (N-methyl/N-ethyl adjacent to an activating group) is 1. The summed E-state index contributed by atoms with van der Waals surface area (Å²) in [5.74, 6) is 0.936. The summed E-state index contributed by atoms with van der Waals surface area (Å²) in [6.45, 7) is 8.17. The Labute approximate surface area is 102 Å². The van der Waals surface area contributed by atoms with Gasteiger partial charge in [-0.3, -0.25) is 0 Å². The van der Waals surface area contributed by atoms with Crippen molar-refractivity contribution in [2.75, 3.05) is 26.7 Å². The normalized spacial score (nSPS) is 19.5. The molecule has 1 unspecified atom stereocenters. The van der Waals surface area contributed by atoms with E-state index in [1.807, 2.05) is 0 Å². The van der Waals surface area contributed by atoms with E-state index in [-0.39, 0.29) is 0 Å². The maximum Gasteiger partial charge on any atom is 0.0223 e.